The Balaban J connectivity index is 1.94. The van der Waals surface area contributed by atoms with Crippen LogP contribution in [-0.4, -0.2) is 32.5 Å². The normalized spacial score (nSPS) is 22.2. The molecule has 0 unspecified atom stereocenters. The van der Waals surface area contributed by atoms with Crippen molar-refractivity contribution >= 4 is 21.6 Å². The molecule has 26 heavy (non-hydrogen) atoms. The number of amides is 1. The van der Waals surface area contributed by atoms with Gasteiger partial charge in [0.25, 0.3) is 5.91 Å². The molecule has 3 atom stereocenters. The van der Waals surface area contributed by atoms with Crippen LogP contribution in [0.5, 0.6) is 0 Å². The van der Waals surface area contributed by atoms with Crippen molar-refractivity contribution in [2.75, 3.05) is 5.32 Å². The second-order valence-corrected chi connectivity index (χ2v) is 9.41. The molecule has 1 fully saturated rings. The largest absolute Gasteiger partial charge is 0.334 e. The summed E-state index contributed by atoms with van der Waals surface area (Å²) in [5.74, 6) is 0.579. The van der Waals surface area contributed by atoms with Crippen LogP contribution in [-0.2, 0) is 14.8 Å². The Morgan fingerprint density at radius 1 is 1.12 bits per heavy atom. The van der Waals surface area contributed by atoms with Crippen molar-refractivity contribution in [2.45, 2.75) is 76.4 Å². The van der Waals surface area contributed by atoms with Crippen molar-refractivity contribution in [3.63, 3.8) is 0 Å². The molecule has 4 N–H and O–H groups in total. The maximum atomic E-state index is 12.4. The molecule has 1 saturated carbocycles. The summed E-state index contributed by atoms with van der Waals surface area (Å²) in [5.41, 5.74) is 0.607. The Morgan fingerprint density at radius 3 is 2.31 bits per heavy atom. The van der Waals surface area contributed by atoms with Gasteiger partial charge in [-0.1, -0.05) is 13.3 Å². The molecule has 7 heteroatoms. The standard InChI is InChI=1S/C19H31N3O3S/c1-13(2)22-26(24,25)17-11-9-16(10-12-17)21-19(23)15(4)20-18-8-6-5-7-14(18)3/h9-15,18,20,22H,5-8H2,1-4H3,(H,21,23)/p+1/t14-,15+,18-/m1/s1. The van der Waals surface area contributed by atoms with Crippen LogP contribution in [0.4, 0.5) is 5.69 Å². The van der Waals surface area contributed by atoms with Crippen LogP contribution in [0.1, 0.15) is 53.4 Å². The van der Waals surface area contributed by atoms with Crippen LogP contribution in [0.2, 0.25) is 0 Å². The van der Waals surface area contributed by atoms with Gasteiger partial charge in [-0.05, 0) is 64.3 Å². The molecular formula is C19H32N3O3S+. The monoisotopic (exact) mass is 382 g/mol. The minimum absolute atomic E-state index is 0.0568. The van der Waals surface area contributed by atoms with Crippen molar-refractivity contribution in [1.29, 1.82) is 0 Å². The van der Waals surface area contributed by atoms with E-state index in [4.69, 9.17) is 0 Å². The summed E-state index contributed by atoms with van der Waals surface area (Å²) in [4.78, 5) is 12.6. The van der Waals surface area contributed by atoms with Crippen molar-refractivity contribution in [3.05, 3.63) is 24.3 Å². The van der Waals surface area contributed by atoms with Crippen LogP contribution >= 0.6 is 0 Å². The topological polar surface area (TPSA) is 91.9 Å². The molecule has 1 amide bonds. The number of carbonyl (C=O) groups is 1. The number of nitrogens with one attached hydrogen (secondary N) is 2. The fraction of sp³-hybridized carbons (Fsp3) is 0.632. The van der Waals surface area contributed by atoms with E-state index in [0.29, 0.717) is 17.6 Å². The van der Waals surface area contributed by atoms with E-state index in [1.54, 1.807) is 26.0 Å². The fourth-order valence-electron chi connectivity index (χ4n) is 3.44. The second-order valence-electron chi connectivity index (χ2n) is 7.70. The van der Waals surface area contributed by atoms with E-state index in [1.807, 2.05) is 6.92 Å². The molecule has 0 saturated heterocycles. The first-order valence-corrected chi connectivity index (χ1v) is 11.0. The van der Waals surface area contributed by atoms with Crippen LogP contribution in [0.3, 0.4) is 0 Å². The van der Waals surface area contributed by atoms with Crippen LogP contribution in [0.15, 0.2) is 29.2 Å². The van der Waals surface area contributed by atoms with E-state index in [-0.39, 0.29) is 22.9 Å². The van der Waals surface area contributed by atoms with Gasteiger partial charge in [0.15, 0.2) is 6.04 Å². The van der Waals surface area contributed by atoms with E-state index < -0.39 is 10.0 Å². The predicted molar refractivity (Wildman–Crippen MR) is 103 cm³/mol. The molecule has 146 valence electrons. The summed E-state index contributed by atoms with van der Waals surface area (Å²) in [6.07, 6.45) is 4.91. The van der Waals surface area contributed by atoms with Gasteiger partial charge in [-0.2, -0.15) is 0 Å². The Hall–Kier alpha value is -1.44. The molecule has 1 aromatic carbocycles. The minimum atomic E-state index is -3.52. The number of quaternary nitrogens is 1. The quantitative estimate of drug-likeness (QED) is 0.672. The molecule has 0 heterocycles. The highest BCUT2D eigenvalue weighted by atomic mass is 32.2. The van der Waals surface area contributed by atoms with Gasteiger partial charge in [-0.15, -0.1) is 0 Å². The second kappa shape index (κ2) is 8.97. The van der Waals surface area contributed by atoms with Crippen LogP contribution < -0.4 is 15.4 Å². The molecule has 2 rings (SSSR count). The van der Waals surface area contributed by atoms with Gasteiger partial charge in [-0.3, -0.25) is 4.79 Å². The minimum Gasteiger partial charge on any atom is -0.334 e. The molecule has 0 spiro atoms. The molecule has 1 aliphatic rings. The summed E-state index contributed by atoms with van der Waals surface area (Å²) >= 11 is 0. The maximum absolute atomic E-state index is 12.4. The van der Waals surface area contributed by atoms with E-state index in [1.165, 1.54) is 31.4 Å². The molecule has 0 bridgehead atoms. The number of hydrogen-bond acceptors (Lipinski definition) is 3. The van der Waals surface area contributed by atoms with E-state index in [0.717, 1.165) is 6.42 Å². The Bertz CT molecular complexity index is 701. The van der Waals surface area contributed by atoms with Gasteiger partial charge in [0.1, 0.15) is 0 Å². The maximum Gasteiger partial charge on any atom is 0.282 e. The average molecular weight is 383 g/mol. The Kier molecular flexibility index (Phi) is 7.20. The number of nitrogens with two attached hydrogens (primary N) is 1. The van der Waals surface area contributed by atoms with Gasteiger partial charge >= 0.3 is 0 Å². The third kappa shape index (κ3) is 5.79. The lowest BCUT2D eigenvalue weighted by molar-refractivity contribution is -0.714. The van der Waals surface area contributed by atoms with E-state index >= 15 is 0 Å². The fourth-order valence-corrected chi connectivity index (χ4v) is 4.69. The predicted octanol–water partition coefficient (Wildman–Crippen LogP) is 1.84. The summed E-state index contributed by atoms with van der Waals surface area (Å²) < 4.78 is 26.8. The lowest BCUT2D eigenvalue weighted by Gasteiger charge is -2.28. The molecule has 0 radical (unpaired) electrons. The summed E-state index contributed by atoms with van der Waals surface area (Å²) in [5, 5.41) is 5.05. The first-order valence-electron chi connectivity index (χ1n) is 9.47. The Labute approximate surface area is 157 Å². The van der Waals surface area contributed by atoms with Gasteiger partial charge in [0.05, 0.1) is 10.9 Å². The van der Waals surface area contributed by atoms with Crippen LogP contribution in [0, 0.1) is 5.92 Å². The lowest BCUT2D eigenvalue weighted by atomic mass is 9.85. The Morgan fingerprint density at radius 2 is 1.73 bits per heavy atom. The van der Waals surface area contributed by atoms with Crippen molar-refractivity contribution in [2.24, 2.45) is 5.92 Å². The zero-order chi connectivity index (χ0) is 19.3. The summed E-state index contributed by atoms with van der Waals surface area (Å²) in [7, 11) is -3.52. The van der Waals surface area contributed by atoms with Gasteiger partial charge in [-0.25, -0.2) is 13.1 Å². The molecule has 0 aliphatic heterocycles. The number of benzene rings is 1. The van der Waals surface area contributed by atoms with Crippen molar-refractivity contribution < 1.29 is 18.5 Å². The number of rotatable bonds is 7. The number of carbonyl (C=O) groups excluding carboxylic acids is 1. The van der Waals surface area contributed by atoms with Gasteiger partial charge in [0, 0.05) is 17.6 Å². The highest BCUT2D eigenvalue weighted by molar-refractivity contribution is 7.89. The highest BCUT2D eigenvalue weighted by Gasteiger charge is 2.28. The summed E-state index contributed by atoms with van der Waals surface area (Å²) in [6.45, 7) is 7.73. The number of sulfonamides is 1. The first kappa shape index (κ1) is 20.9. The third-order valence-electron chi connectivity index (χ3n) is 4.95. The molecular weight excluding hydrogens is 350 g/mol. The molecule has 1 aliphatic carbocycles. The molecule has 0 aromatic heterocycles. The first-order chi connectivity index (χ1) is 12.2. The van der Waals surface area contributed by atoms with E-state index in [2.05, 4.69) is 22.3 Å². The molecule has 1 aromatic rings. The zero-order valence-corrected chi connectivity index (χ0v) is 17.0. The van der Waals surface area contributed by atoms with Crippen molar-refractivity contribution in [3.8, 4) is 0 Å². The summed E-state index contributed by atoms with van der Waals surface area (Å²) in [6, 6.07) is 6.44. The van der Waals surface area contributed by atoms with E-state index in [9.17, 15) is 13.2 Å². The molecule has 6 nitrogen and oxygen atoms in total. The lowest BCUT2D eigenvalue weighted by Crippen LogP contribution is -2.97. The highest BCUT2D eigenvalue weighted by Crippen LogP contribution is 2.21. The van der Waals surface area contributed by atoms with Crippen molar-refractivity contribution in [1.82, 2.24) is 4.72 Å². The van der Waals surface area contributed by atoms with Crippen LogP contribution in [0.25, 0.3) is 0 Å². The van der Waals surface area contributed by atoms with Gasteiger partial charge < -0.3 is 10.6 Å². The smallest absolute Gasteiger partial charge is 0.282 e. The number of hydrogen-bond donors (Lipinski definition) is 3. The SMILES string of the molecule is CC(C)NS(=O)(=O)c1ccc(NC(=O)[C@H](C)[NH2+][C@@H]2CCCC[C@H]2C)cc1. The number of anilines is 1. The average Bonchev–Trinajstić information content (AvgIpc) is 2.56. The zero-order valence-electron chi connectivity index (χ0n) is 16.2. The third-order valence-corrected chi connectivity index (χ3v) is 6.62. The van der Waals surface area contributed by atoms with Gasteiger partial charge in [0.2, 0.25) is 10.0 Å².